The number of nitrogen functional groups attached to an aromatic ring is 1. The fraction of sp³-hybridized carbons (Fsp3) is 0.316. The smallest absolute Gasteiger partial charge is 0.240 e. The Balaban J connectivity index is 1.70. The van der Waals surface area contributed by atoms with Gasteiger partial charge in [0.25, 0.3) is 0 Å². The van der Waals surface area contributed by atoms with Crippen LogP contribution in [0.15, 0.2) is 35.2 Å². The van der Waals surface area contributed by atoms with Gasteiger partial charge < -0.3 is 10.8 Å². The lowest BCUT2D eigenvalue weighted by Crippen LogP contribution is -2.39. The Bertz CT molecular complexity index is 1160. The molecule has 0 saturated heterocycles. The number of nitrogens with two attached hydrogens (primary N) is 1. The Morgan fingerprint density at radius 2 is 2.00 bits per heavy atom. The molecular weight excluding hydrogens is 400 g/mol. The van der Waals surface area contributed by atoms with Gasteiger partial charge in [-0.15, -0.1) is 0 Å². The predicted molar refractivity (Wildman–Crippen MR) is 110 cm³/mol. The van der Waals surface area contributed by atoms with Crippen molar-refractivity contribution in [3.63, 3.8) is 0 Å². The summed E-state index contributed by atoms with van der Waals surface area (Å²) in [4.78, 5) is 0.0712. The summed E-state index contributed by atoms with van der Waals surface area (Å²) in [5.41, 5.74) is 9.25. The standard InChI is InChI=1S/C19H21ClN4O3S/c1-10-12(7-8-16-18(10)19(21)23-22-16)13-6-5-11(9-14(13)20)28(26,27)24-15-3-2-4-17(15)25/h5-9,15,17,24-25H,2-4H2,1H3,(H3,21,22,23). The van der Waals surface area contributed by atoms with E-state index in [4.69, 9.17) is 17.3 Å². The molecule has 1 aliphatic rings. The Labute approximate surface area is 167 Å². The molecule has 2 unspecified atom stereocenters. The summed E-state index contributed by atoms with van der Waals surface area (Å²) in [5, 5.41) is 17.9. The second-order valence-corrected chi connectivity index (χ2v) is 9.26. The zero-order valence-electron chi connectivity index (χ0n) is 15.2. The van der Waals surface area contributed by atoms with Crippen LogP contribution < -0.4 is 10.5 Å². The monoisotopic (exact) mass is 420 g/mol. The normalized spacial score (nSPS) is 20.1. The average molecular weight is 421 g/mol. The van der Waals surface area contributed by atoms with Gasteiger partial charge in [0.15, 0.2) is 5.82 Å². The van der Waals surface area contributed by atoms with Crippen LogP contribution in [0.3, 0.4) is 0 Å². The molecule has 0 amide bonds. The number of nitrogens with zero attached hydrogens (tertiary/aromatic N) is 1. The van der Waals surface area contributed by atoms with Gasteiger partial charge in [0.05, 0.1) is 16.5 Å². The van der Waals surface area contributed by atoms with E-state index in [0.29, 0.717) is 29.2 Å². The highest BCUT2D eigenvalue weighted by Crippen LogP contribution is 2.36. The van der Waals surface area contributed by atoms with Gasteiger partial charge in [-0.2, -0.15) is 5.10 Å². The molecule has 1 fully saturated rings. The fourth-order valence-corrected chi connectivity index (χ4v) is 5.51. The Morgan fingerprint density at radius 3 is 2.68 bits per heavy atom. The van der Waals surface area contributed by atoms with E-state index < -0.39 is 22.2 Å². The number of benzene rings is 2. The fourth-order valence-electron chi connectivity index (χ4n) is 3.83. The first kappa shape index (κ1) is 19.2. The Kier molecular flexibility index (Phi) is 4.83. The molecule has 3 aromatic rings. The van der Waals surface area contributed by atoms with Gasteiger partial charge in [0.2, 0.25) is 10.0 Å². The molecule has 28 heavy (non-hydrogen) atoms. The van der Waals surface area contributed by atoms with E-state index in [-0.39, 0.29) is 4.90 Å². The van der Waals surface area contributed by atoms with Crippen molar-refractivity contribution in [2.24, 2.45) is 0 Å². The van der Waals surface area contributed by atoms with Crippen LogP contribution in [0.5, 0.6) is 0 Å². The zero-order chi connectivity index (χ0) is 20.1. The summed E-state index contributed by atoms with van der Waals surface area (Å²) in [6.07, 6.45) is 1.37. The lowest BCUT2D eigenvalue weighted by Gasteiger charge is -2.17. The number of aliphatic hydroxyl groups is 1. The molecule has 7 nitrogen and oxygen atoms in total. The first-order chi connectivity index (χ1) is 13.3. The molecule has 1 saturated carbocycles. The molecule has 1 aliphatic carbocycles. The van der Waals surface area contributed by atoms with E-state index >= 15 is 0 Å². The Morgan fingerprint density at radius 1 is 1.25 bits per heavy atom. The molecule has 0 aliphatic heterocycles. The summed E-state index contributed by atoms with van der Waals surface area (Å²) in [5.74, 6) is 0.406. The van der Waals surface area contributed by atoms with E-state index in [2.05, 4.69) is 14.9 Å². The number of hydrogen-bond donors (Lipinski definition) is 4. The molecule has 0 spiro atoms. The van der Waals surface area contributed by atoms with Crippen molar-refractivity contribution in [2.45, 2.75) is 43.2 Å². The van der Waals surface area contributed by atoms with Gasteiger partial charge in [-0.05, 0) is 55.5 Å². The van der Waals surface area contributed by atoms with Gasteiger partial charge in [-0.3, -0.25) is 5.10 Å². The SMILES string of the molecule is Cc1c(-c2ccc(S(=O)(=O)NC3CCCC3O)cc2Cl)ccc2[nH]nc(N)c12. The molecule has 2 atom stereocenters. The second-order valence-electron chi connectivity index (χ2n) is 7.14. The van der Waals surface area contributed by atoms with Crippen LogP contribution in [-0.2, 0) is 10.0 Å². The van der Waals surface area contributed by atoms with Crippen molar-refractivity contribution in [1.82, 2.24) is 14.9 Å². The number of nitrogens with one attached hydrogen (secondary N) is 2. The van der Waals surface area contributed by atoms with Crippen molar-refractivity contribution < 1.29 is 13.5 Å². The number of aryl methyl sites for hydroxylation is 1. The number of fused-ring (bicyclic) bond motifs is 1. The summed E-state index contributed by atoms with van der Waals surface area (Å²) >= 11 is 6.46. The molecule has 2 aromatic carbocycles. The summed E-state index contributed by atoms with van der Waals surface area (Å²) in [7, 11) is -3.77. The average Bonchev–Trinajstić information content (AvgIpc) is 3.22. The van der Waals surface area contributed by atoms with E-state index in [1.807, 2.05) is 19.1 Å². The van der Waals surface area contributed by atoms with Crippen LogP contribution >= 0.6 is 11.6 Å². The summed E-state index contributed by atoms with van der Waals surface area (Å²) in [6, 6.07) is 7.95. The number of aromatic amines is 1. The number of hydrogen-bond acceptors (Lipinski definition) is 5. The maximum atomic E-state index is 12.7. The van der Waals surface area contributed by atoms with E-state index in [1.165, 1.54) is 12.1 Å². The number of rotatable bonds is 4. The third kappa shape index (κ3) is 3.26. The third-order valence-electron chi connectivity index (χ3n) is 5.34. The van der Waals surface area contributed by atoms with Crippen LogP contribution in [-0.4, -0.2) is 35.9 Å². The highest BCUT2D eigenvalue weighted by atomic mass is 35.5. The molecule has 9 heteroatoms. The van der Waals surface area contributed by atoms with Crippen LogP contribution in [0, 0.1) is 6.92 Å². The van der Waals surface area contributed by atoms with E-state index in [9.17, 15) is 13.5 Å². The minimum Gasteiger partial charge on any atom is -0.391 e. The van der Waals surface area contributed by atoms with Gasteiger partial charge in [0, 0.05) is 22.0 Å². The molecule has 0 bridgehead atoms. The first-order valence-electron chi connectivity index (χ1n) is 9.01. The van der Waals surface area contributed by atoms with E-state index in [0.717, 1.165) is 28.5 Å². The van der Waals surface area contributed by atoms with Crippen molar-refractivity contribution in [3.05, 3.63) is 40.9 Å². The van der Waals surface area contributed by atoms with Gasteiger partial charge >= 0.3 is 0 Å². The van der Waals surface area contributed by atoms with Gasteiger partial charge in [-0.1, -0.05) is 23.7 Å². The molecule has 0 radical (unpaired) electrons. The molecule has 148 valence electrons. The highest BCUT2D eigenvalue weighted by Gasteiger charge is 2.30. The van der Waals surface area contributed by atoms with Crippen molar-refractivity contribution in [1.29, 1.82) is 0 Å². The predicted octanol–water partition coefficient (Wildman–Crippen LogP) is 2.97. The lowest BCUT2D eigenvalue weighted by molar-refractivity contribution is 0.159. The number of sulfonamides is 1. The molecule has 5 N–H and O–H groups in total. The largest absolute Gasteiger partial charge is 0.391 e. The first-order valence-corrected chi connectivity index (χ1v) is 10.9. The maximum absolute atomic E-state index is 12.7. The lowest BCUT2D eigenvalue weighted by atomic mass is 9.97. The molecule has 4 rings (SSSR count). The van der Waals surface area contributed by atoms with Crippen LogP contribution in [0.25, 0.3) is 22.0 Å². The number of aliphatic hydroxyl groups excluding tert-OH is 1. The third-order valence-corrected chi connectivity index (χ3v) is 7.15. The number of aromatic nitrogens is 2. The van der Waals surface area contributed by atoms with E-state index in [1.54, 1.807) is 6.07 Å². The maximum Gasteiger partial charge on any atom is 0.240 e. The van der Waals surface area contributed by atoms with Crippen LogP contribution in [0.2, 0.25) is 5.02 Å². The highest BCUT2D eigenvalue weighted by molar-refractivity contribution is 7.89. The zero-order valence-corrected chi connectivity index (χ0v) is 16.8. The molecule has 1 aromatic heterocycles. The number of anilines is 1. The van der Waals surface area contributed by atoms with Gasteiger partial charge in [0.1, 0.15) is 0 Å². The van der Waals surface area contributed by atoms with Crippen LogP contribution in [0.1, 0.15) is 24.8 Å². The summed E-state index contributed by atoms with van der Waals surface area (Å²) < 4.78 is 27.9. The van der Waals surface area contributed by atoms with Crippen molar-refractivity contribution >= 4 is 38.3 Å². The number of H-pyrrole nitrogens is 1. The quantitative estimate of drug-likeness (QED) is 0.517. The van der Waals surface area contributed by atoms with Crippen molar-refractivity contribution in [2.75, 3.05) is 5.73 Å². The molecular formula is C19H21ClN4O3S. The minimum absolute atomic E-state index is 0.0712. The van der Waals surface area contributed by atoms with Crippen LogP contribution in [0.4, 0.5) is 5.82 Å². The molecule has 1 heterocycles. The summed E-state index contributed by atoms with van der Waals surface area (Å²) in [6.45, 7) is 1.92. The second kappa shape index (κ2) is 7.04. The minimum atomic E-state index is -3.77. The van der Waals surface area contributed by atoms with Crippen molar-refractivity contribution in [3.8, 4) is 11.1 Å². The Hall–Kier alpha value is -2.13. The van der Waals surface area contributed by atoms with Gasteiger partial charge in [-0.25, -0.2) is 13.1 Å². The number of halogens is 1. The topological polar surface area (TPSA) is 121 Å².